The first kappa shape index (κ1) is 8.76. The van der Waals surface area contributed by atoms with Crippen LogP contribution in [0.2, 0.25) is 0 Å². The molecule has 0 aliphatic heterocycles. The first-order valence-corrected chi connectivity index (χ1v) is 3.04. The van der Waals surface area contributed by atoms with Gasteiger partial charge in [0.2, 0.25) is 6.17 Å². The van der Waals surface area contributed by atoms with Gasteiger partial charge in [-0.05, 0) is 6.08 Å². The zero-order valence-electron chi connectivity index (χ0n) is 5.71. The highest BCUT2D eigenvalue weighted by Crippen LogP contribution is 2.26. The second-order valence-electron chi connectivity index (χ2n) is 2.20. The van der Waals surface area contributed by atoms with E-state index in [0.29, 0.717) is 12.2 Å². The SMILES string of the molecule is O=[N+]([O-])C1=CC=C(F)C(F)C1F. The maximum absolute atomic E-state index is 12.6. The van der Waals surface area contributed by atoms with Crippen LogP contribution in [0, 0.1) is 10.1 Å². The van der Waals surface area contributed by atoms with Crippen LogP contribution in [0.4, 0.5) is 13.2 Å². The van der Waals surface area contributed by atoms with Crippen LogP contribution in [-0.2, 0) is 0 Å². The molecular weight excluding hydrogens is 175 g/mol. The zero-order valence-corrected chi connectivity index (χ0v) is 5.71. The van der Waals surface area contributed by atoms with Crippen molar-refractivity contribution >= 4 is 0 Å². The van der Waals surface area contributed by atoms with Crippen molar-refractivity contribution in [1.29, 1.82) is 0 Å². The third-order valence-electron chi connectivity index (χ3n) is 1.43. The van der Waals surface area contributed by atoms with Crippen LogP contribution in [0.3, 0.4) is 0 Å². The standard InChI is InChI=1S/C6H4F3NO2/c7-3-1-2-4(10(11)12)6(9)5(3)8/h1-2,5-6H. The summed E-state index contributed by atoms with van der Waals surface area (Å²) in [4.78, 5) is 8.93. The topological polar surface area (TPSA) is 43.1 Å². The van der Waals surface area contributed by atoms with Gasteiger partial charge in [-0.3, -0.25) is 10.1 Å². The van der Waals surface area contributed by atoms with Gasteiger partial charge in [0.05, 0.1) is 4.92 Å². The zero-order chi connectivity index (χ0) is 9.30. The van der Waals surface area contributed by atoms with Crippen LogP contribution in [0.5, 0.6) is 0 Å². The molecule has 0 aromatic carbocycles. The predicted molar refractivity (Wildman–Crippen MR) is 34.1 cm³/mol. The molecule has 1 aliphatic rings. The smallest absolute Gasteiger partial charge is 0.259 e. The largest absolute Gasteiger partial charge is 0.283 e. The van der Waals surface area contributed by atoms with Crippen molar-refractivity contribution < 1.29 is 18.1 Å². The van der Waals surface area contributed by atoms with Crippen LogP contribution in [0.1, 0.15) is 0 Å². The van der Waals surface area contributed by atoms with Gasteiger partial charge in [0.1, 0.15) is 5.83 Å². The third kappa shape index (κ3) is 1.32. The molecule has 0 radical (unpaired) electrons. The lowest BCUT2D eigenvalue weighted by Gasteiger charge is -2.12. The number of nitro groups is 1. The Hall–Kier alpha value is -1.33. The molecule has 2 atom stereocenters. The van der Waals surface area contributed by atoms with Gasteiger partial charge in [0.15, 0.2) is 6.17 Å². The van der Waals surface area contributed by atoms with E-state index >= 15 is 0 Å². The van der Waals surface area contributed by atoms with Crippen LogP contribution < -0.4 is 0 Å². The second kappa shape index (κ2) is 2.96. The quantitative estimate of drug-likeness (QED) is 0.454. The second-order valence-corrected chi connectivity index (χ2v) is 2.20. The Morgan fingerprint density at radius 1 is 1.33 bits per heavy atom. The minimum Gasteiger partial charge on any atom is -0.259 e. The summed E-state index contributed by atoms with van der Waals surface area (Å²) in [5, 5.41) is 10.00. The van der Waals surface area contributed by atoms with E-state index in [2.05, 4.69) is 0 Å². The Labute approximate surface area is 65.3 Å². The molecular formula is C6H4F3NO2. The molecule has 0 heterocycles. The van der Waals surface area contributed by atoms with E-state index in [1.54, 1.807) is 0 Å². The van der Waals surface area contributed by atoms with Crippen molar-refractivity contribution in [2.24, 2.45) is 0 Å². The average Bonchev–Trinajstić information content (AvgIpc) is 2.00. The van der Waals surface area contributed by atoms with Gasteiger partial charge in [-0.2, -0.15) is 0 Å². The van der Waals surface area contributed by atoms with Crippen molar-refractivity contribution in [3.63, 3.8) is 0 Å². The molecule has 66 valence electrons. The lowest BCUT2D eigenvalue weighted by atomic mass is 10.1. The minimum absolute atomic E-state index is 0.554. The molecule has 2 unspecified atom stereocenters. The summed E-state index contributed by atoms with van der Waals surface area (Å²) in [7, 11) is 0. The minimum atomic E-state index is -2.55. The van der Waals surface area contributed by atoms with E-state index in [0.717, 1.165) is 0 Å². The Morgan fingerprint density at radius 3 is 2.42 bits per heavy atom. The fourth-order valence-corrected chi connectivity index (χ4v) is 0.800. The average molecular weight is 179 g/mol. The fourth-order valence-electron chi connectivity index (χ4n) is 0.800. The number of allylic oxidation sites excluding steroid dienone is 4. The Morgan fingerprint density at radius 2 is 1.92 bits per heavy atom. The summed E-state index contributed by atoms with van der Waals surface area (Å²) >= 11 is 0. The molecule has 6 heteroatoms. The first-order valence-electron chi connectivity index (χ1n) is 3.04. The summed E-state index contributed by atoms with van der Waals surface area (Å²) in [5.41, 5.74) is -0.955. The van der Waals surface area contributed by atoms with E-state index in [9.17, 15) is 23.3 Å². The van der Waals surface area contributed by atoms with E-state index < -0.39 is 28.8 Å². The molecule has 0 fully saturated rings. The molecule has 0 saturated carbocycles. The van der Waals surface area contributed by atoms with Gasteiger partial charge in [-0.25, -0.2) is 13.2 Å². The third-order valence-corrected chi connectivity index (χ3v) is 1.43. The molecule has 1 aliphatic carbocycles. The monoisotopic (exact) mass is 179 g/mol. The van der Waals surface area contributed by atoms with Gasteiger partial charge < -0.3 is 0 Å². The van der Waals surface area contributed by atoms with Crippen LogP contribution in [0.25, 0.3) is 0 Å². The lowest BCUT2D eigenvalue weighted by molar-refractivity contribution is -0.435. The molecule has 0 aromatic rings. The normalized spacial score (nSPS) is 29.2. The summed E-state index contributed by atoms with van der Waals surface area (Å²) in [6.07, 6.45) is -3.88. The van der Waals surface area contributed by atoms with E-state index in [-0.39, 0.29) is 0 Å². The molecule has 3 nitrogen and oxygen atoms in total. The Bertz CT molecular complexity index is 274. The molecule has 0 saturated heterocycles. The Balaban J connectivity index is 2.97. The highest BCUT2D eigenvalue weighted by molar-refractivity contribution is 5.24. The number of hydrogen-bond donors (Lipinski definition) is 0. The van der Waals surface area contributed by atoms with Gasteiger partial charge in [-0.15, -0.1) is 0 Å². The summed E-state index contributed by atoms with van der Waals surface area (Å²) in [6.45, 7) is 0. The highest BCUT2D eigenvalue weighted by atomic mass is 19.2. The molecule has 1 rings (SSSR count). The molecule has 0 N–H and O–H groups in total. The summed E-state index contributed by atoms with van der Waals surface area (Å²) in [5.74, 6) is -1.33. The van der Waals surface area contributed by atoms with E-state index in [1.807, 2.05) is 0 Å². The van der Waals surface area contributed by atoms with Crippen LogP contribution in [0.15, 0.2) is 23.7 Å². The highest BCUT2D eigenvalue weighted by Gasteiger charge is 2.38. The fraction of sp³-hybridized carbons (Fsp3) is 0.333. The molecule has 12 heavy (non-hydrogen) atoms. The molecule has 0 amide bonds. The van der Waals surface area contributed by atoms with Gasteiger partial charge in [-0.1, -0.05) is 0 Å². The van der Waals surface area contributed by atoms with E-state index in [4.69, 9.17) is 0 Å². The predicted octanol–water partition coefficient (Wildman–Crippen LogP) is 1.69. The van der Waals surface area contributed by atoms with Crippen LogP contribution in [-0.4, -0.2) is 17.3 Å². The van der Waals surface area contributed by atoms with E-state index in [1.165, 1.54) is 0 Å². The maximum Gasteiger partial charge on any atom is 0.283 e. The maximum atomic E-state index is 12.6. The first-order chi connectivity index (χ1) is 5.54. The van der Waals surface area contributed by atoms with Gasteiger partial charge in [0.25, 0.3) is 5.70 Å². The Kier molecular flexibility index (Phi) is 2.16. The number of hydrogen-bond acceptors (Lipinski definition) is 2. The number of alkyl halides is 2. The molecule has 0 aromatic heterocycles. The van der Waals surface area contributed by atoms with Crippen molar-refractivity contribution in [2.45, 2.75) is 12.3 Å². The number of nitrogens with zero attached hydrogens (tertiary/aromatic N) is 1. The van der Waals surface area contributed by atoms with Gasteiger partial charge in [0, 0.05) is 6.08 Å². The van der Waals surface area contributed by atoms with Crippen molar-refractivity contribution in [3.8, 4) is 0 Å². The summed E-state index contributed by atoms with van der Waals surface area (Å²) in [6, 6.07) is 0. The number of halogens is 3. The molecule has 0 spiro atoms. The lowest BCUT2D eigenvalue weighted by Crippen LogP contribution is -2.26. The van der Waals surface area contributed by atoms with Crippen molar-refractivity contribution in [2.75, 3.05) is 0 Å². The van der Waals surface area contributed by atoms with Crippen molar-refractivity contribution in [3.05, 3.63) is 33.8 Å². The number of rotatable bonds is 1. The summed E-state index contributed by atoms with van der Waals surface area (Å²) < 4.78 is 37.2. The van der Waals surface area contributed by atoms with Gasteiger partial charge >= 0.3 is 0 Å². The van der Waals surface area contributed by atoms with Crippen molar-refractivity contribution in [1.82, 2.24) is 0 Å². The van der Waals surface area contributed by atoms with Crippen LogP contribution >= 0.6 is 0 Å². The molecule has 0 bridgehead atoms.